The minimum Gasteiger partial charge on any atom is -0.372 e. The van der Waals surface area contributed by atoms with Crippen LogP contribution in [0, 0.1) is 0 Å². The van der Waals surface area contributed by atoms with Crippen molar-refractivity contribution in [1.29, 1.82) is 0 Å². The number of hydrogen-bond donors (Lipinski definition) is 0. The predicted octanol–water partition coefficient (Wildman–Crippen LogP) is 3.79. The number of anilines is 1. The highest BCUT2D eigenvalue weighted by atomic mass is 16.1. The molecule has 0 aliphatic carbocycles. The third-order valence-electron chi connectivity index (χ3n) is 3.37. The minimum absolute atomic E-state index is 0.219. The van der Waals surface area contributed by atoms with Crippen LogP contribution in [-0.2, 0) is 0 Å². The normalized spacial score (nSPS) is 10.8. The van der Waals surface area contributed by atoms with Crippen LogP contribution in [0.4, 0.5) is 5.69 Å². The fourth-order valence-electron chi connectivity index (χ4n) is 2.15. The summed E-state index contributed by atoms with van der Waals surface area (Å²) in [4.78, 5) is 18.2. The lowest BCUT2D eigenvalue weighted by Crippen LogP contribution is -2.21. The maximum absolute atomic E-state index is 11.9. The Morgan fingerprint density at radius 3 is 2.19 bits per heavy atom. The molecule has 0 fully saturated rings. The molecule has 108 valence electrons. The van der Waals surface area contributed by atoms with Crippen molar-refractivity contribution >= 4 is 17.8 Å². The molecule has 0 atom stereocenters. The van der Waals surface area contributed by atoms with Gasteiger partial charge in [-0.05, 0) is 43.7 Å². The number of hydrogen-bond acceptors (Lipinski definition) is 2. The Morgan fingerprint density at radius 1 is 1.00 bits per heavy atom. The van der Waals surface area contributed by atoms with Gasteiger partial charge in [0.15, 0.2) is 0 Å². The highest BCUT2D eigenvalue weighted by Gasteiger charge is 2.02. The third kappa shape index (κ3) is 4.02. The first-order valence-corrected chi connectivity index (χ1v) is 7.23. The van der Waals surface area contributed by atoms with E-state index < -0.39 is 0 Å². The fourth-order valence-corrected chi connectivity index (χ4v) is 2.15. The van der Waals surface area contributed by atoms with Crippen LogP contribution in [0.25, 0.3) is 0 Å². The zero-order chi connectivity index (χ0) is 15.1. The maximum Gasteiger partial charge on any atom is 0.276 e. The highest BCUT2D eigenvalue weighted by Crippen LogP contribution is 2.14. The zero-order valence-electron chi connectivity index (χ0n) is 12.5. The summed E-state index contributed by atoms with van der Waals surface area (Å²) in [6, 6.07) is 17.2. The largest absolute Gasteiger partial charge is 0.372 e. The molecule has 2 aromatic carbocycles. The lowest BCUT2D eigenvalue weighted by molar-refractivity contribution is 0.100. The fraction of sp³-hybridized carbons (Fsp3) is 0.222. The van der Waals surface area contributed by atoms with Crippen LogP contribution in [-0.4, -0.2) is 25.2 Å². The van der Waals surface area contributed by atoms with Crippen LogP contribution in [0.2, 0.25) is 0 Å². The summed E-state index contributed by atoms with van der Waals surface area (Å²) in [5.74, 6) is -0.219. The van der Waals surface area contributed by atoms with Gasteiger partial charge in [0.05, 0.1) is 0 Å². The summed E-state index contributed by atoms with van der Waals surface area (Å²) in [5.41, 5.74) is 2.72. The molecule has 2 aromatic rings. The van der Waals surface area contributed by atoms with Gasteiger partial charge in [-0.2, -0.15) is 0 Å². The Kier molecular flexibility index (Phi) is 5.27. The van der Waals surface area contributed by atoms with E-state index in [0.717, 1.165) is 18.7 Å². The average molecular weight is 280 g/mol. The summed E-state index contributed by atoms with van der Waals surface area (Å²) in [7, 11) is 0. The van der Waals surface area contributed by atoms with Crippen molar-refractivity contribution in [3.8, 4) is 0 Å². The summed E-state index contributed by atoms with van der Waals surface area (Å²) >= 11 is 0. The first-order valence-electron chi connectivity index (χ1n) is 7.23. The van der Waals surface area contributed by atoms with Gasteiger partial charge in [0.2, 0.25) is 0 Å². The van der Waals surface area contributed by atoms with Gasteiger partial charge in [-0.1, -0.05) is 30.3 Å². The number of carbonyl (C=O) groups excluding carboxylic acids is 1. The van der Waals surface area contributed by atoms with Crippen LogP contribution in [0.1, 0.15) is 29.8 Å². The van der Waals surface area contributed by atoms with Gasteiger partial charge in [-0.3, -0.25) is 4.79 Å². The van der Waals surface area contributed by atoms with Gasteiger partial charge in [0.25, 0.3) is 5.91 Å². The van der Waals surface area contributed by atoms with Gasteiger partial charge in [-0.25, -0.2) is 4.99 Å². The van der Waals surface area contributed by atoms with Crippen molar-refractivity contribution in [3.63, 3.8) is 0 Å². The molecule has 0 saturated heterocycles. The quantitative estimate of drug-likeness (QED) is 0.781. The lowest BCUT2D eigenvalue weighted by Gasteiger charge is -2.20. The molecular weight excluding hydrogens is 260 g/mol. The molecule has 0 spiro atoms. The molecule has 0 heterocycles. The number of rotatable bonds is 5. The molecule has 0 aromatic heterocycles. The van der Waals surface area contributed by atoms with Gasteiger partial charge in [0.1, 0.15) is 0 Å². The van der Waals surface area contributed by atoms with Gasteiger partial charge >= 0.3 is 0 Å². The first kappa shape index (κ1) is 15.0. The number of carbonyl (C=O) groups is 1. The molecule has 0 bridgehead atoms. The lowest BCUT2D eigenvalue weighted by atomic mass is 10.2. The molecule has 0 aliphatic heterocycles. The molecule has 0 saturated carbocycles. The van der Waals surface area contributed by atoms with E-state index in [9.17, 15) is 4.79 Å². The summed E-state index contributed by atoms with van der Waals surface area (Å²) in [5, 5.41) is 0. The summed E-state index contributed by atoms with van der Waals surface area (Å²) in [6.07, 6.45) is 1.61. The van der Waals surface area contributed by atoms with E-state index in [0.29, 0.717) is 5.56 Å². The van der Waals surface area contributed by atoms with Crippen LogP contribution < -0.4 is 4.90 Å². The Bertz CT molecular complexity index is 599. The standard InChI is InChI=1S/C18H20N2O/c1-3-20(4-2)17-12-10-15(11-13-17)14-19-18(21)16-8-6-5-7-9-16/h5-14H,3-4H2,1-2H3. The first-order chi connectivity index (χ1) is 10.2. The van der Waals surface area contributed by atoms with Crippen molar-refractivity contribution in [3.05, 3.63) is 65.7 Å². The van der Waals surface area contributed by atoms with Crippen molar-refractivity contribution in [2.75, 3.05) is 18.0 Å². The second-order valence-electron chi connectivity index (χ2n) is 4.69. The Hall–Kier alpha value is -2.42. The van der Waals surface area contributed by atoms with Gasteiger partial charge in [0, 0.05) is 30.6 Å². The topological polar surface area (TPSA) is 32.7 Å². The van der Waals surface area contributed by atoms with Crippen LogP contribution >= 0.6 is 0 Å². The molecular formula is C18H20N2O. The number of benzene rings is 2. The van der Waals surface area contributed by atoms with E-state index in [1.54, 1.807) is 18.3 Å². The molecule has 3 heteroatoms. The van der Waals surface area contributed by atoms with E-state index in [1.165, 1.54) is 5.69 Å². The minimum atomic E-state index is -0.219. The number of nitrogens with zero attached hydrogens (tertiary/aromatic N) is 2. The zero-order valence-corrected chi connectivity index (χ0v) is 12.5. The SMILES string of the molecule is CCN(CC)c1ccc(C=NC(=O)c2ccccc2)cc1. The maximum atomic E-state index is 11.9. The molecule has 0 radical (unpaired) electrons. The second kappa shape index (κ2) is 7.39. The Labute approximate surface area is 125 Å². The average Bonchev–Trinajstić information content (AvgIpc) is 2.55. The van der Waals surface area contributed by atoms with E-state index in [2.05, 4.69) is 35.9 Å². The number of aliphatic imine (C=N–C) groups is 1. The van der Waals surface area contributed by atoms with E-state index in [1.807, 2.05) is 30.3 Å². The summed E-state index contributed by atoms with van der Waals surface area (Å²) in [6.45, 7) is 6.24. The van der Waals surface area contributed by atoms with E-state index >= 15 is 0 Å². The van der Waals surface area contributed by atoms with Crippen LogP contribution in [0.15, 0.2) is 59.6 Å². The van der Waals surface area contributed by atoms with Crippen LogP contribution in [0.5, 0.6) is 0 Å². The molecule has 2 rings (SSSR count). The van der Waals surface area contributed by atoms with Crippen molar-refractivity contribution in [2.24, 2.45) is 4.99 Å². The molecule has 0 unspecified atom stereocenters. The second-order valence-corrected chi connectivity index (χ2v) is 4.69. The predicted molar refractivity (Wildman–Crippen MR) is 88.4 cm³/mol. The molecule has 3 nitrogen and oxygen atoms in total. The van der Waals surface area contributed by atoms with Crippen molar-refractivity contribution in [2.45, 2.75) is 13.8 Å². The van der Waals surface area contributed by atoms with Gasteiger partial charge in [-0.15, -0.1) is 0 Å². The smallest absolute Gasteiger partial charge is 0.276 e. The highest BCUT2D eigenvalue weighted by molar-refractivity contribution is 6.01. The Morgan fingerprint density at radius 2 is 1.62 bits per heavy atom. The molecule has 21 heavy (non-hydrogen) atoms. The van der Waals surface area contributed by atoms with Crippen molar-refractivity contribution < 1.29 is 4.79 Å². The molecule has 0 N–H and O–H groups in total. The van der Waals surface area contributed by atoms with Gasteiger partial charge < -0.3 is 4.90 Å². The Balaban J connectivity index is 2.06. The van der Waals surface area contributed by atoms with Crippen molar-refractivity contribution in [1.82, 2.24) is 0 Å². The molecule has 0 aliphatic rings. The summed E-state index contributed by atoms with van der Waals surface area (Å²) < 4.78 is 0. The van der Waals surface area contributed by atoms with Crippen LogP contribution in [0.3, 0.4) is 0 Å². The van der Waals surface area contributed by atoms with E-state index in [-0.39, 0.29) is 5.91 Å². The molecule has 1 amide bonds. The number of amides is 1. The van der Waals surface area contributed by atoms with E-state index in [4.69, 9.17) is 0 Å². The monoisotopic (exact) mass is 280 g/mol. The third-order valence-corrected chi connectivity index (χ3v) is 3.37.